The zero-order valence-electron chi connectivity index (χ0n) is 25.2. The molecule has 5 fully saturated rings. The molecule has 0 heterocycles. The maximum atomic E-state index is 2.93. The Kier molecular flexibility index (Phi) is 11.0. The van der Waals surface area contributed by atoms with Crippen LogP contribution in [-0.2, 0) is 0 Å². The van der Waals surface area contributed by atoms with Crippen molar-refractivity contribution < 1.29 is 0 Å². The van der Waals surface area contributed by atoms with Crippen LogP contribution in [0.15, 0.2) is 0 Å². The monoisotopic (exact) mass is 478 g/mol. The third-order valence-electron chi connectivity index (χ3n) is 11.5. The van der Waals surface area contributed by atoms with Gasteiger partial charge in [0, 0.05) is 6.04 Å². The van der Waals surface area contributed by atoms with E-state index in [1.165, 1.54) is 12.8 Å². The SMILES string of the molecule is CC.CCC1CCC2C3CCC4C(C)C(N(C)C)CCC45CC35CCC12C.CCNC.CNC. The van der Waals surface area contributed by atoms with Gasteiger partial charge in [-0.3, -0.25) is 0 Å². The first-order valence-corrected chi connectivity index (χ1v) is 15.1. The molecule has 0 aliphatic heterocycles. The van der Waals surface area contributed by atoms with Crippen LogP contribution in [0.1, 0.15) is 106 Å². The van der Waals surface area contributed by atoms with Crippen LogP contribution < -0.4 is 10.6 Å². The Balaban J connectivity index is 0.000000399. The van der Waals surface area contributed by atoms with Crippen molar-refractivity contribution in [2.24, 2.45) is 45.8 Å². The number of nitrogens with zero attached hydrogens (tertiary/aromatic N) is 1. The summed E-state index contributed by atoms with van der Waals surface area (Å²) in [6, 6.07) is 0.842. The van der Waals surface area contributed by atoms with Gasteiger partial charge in [-0.15, -0.1) is 0 Å². The maximum Gasteiger partial charge on any atom is 0.0118 e. The molecule has 0 bridgehead atoms. The van der Waals surface area contributed by atoms with Crippen molar-refractivity contribution >= 4 is 0 Å². The quantitative estimate of drug-likeness (QED) is 0.455. The highest BCUT2D eigenvalue weighted by molar-refractivity contribution is 5.27. The third-order valence-corrected chi connectivity index (χ3v) is 11.5. The Labute approximate surface area is 215 Å². The summed E-state index contributed by atoms with van der Waals surface area (Å²) in [4.78, 5) is 2.54. The van der Waals surface area contributed by atoms with Gasteiger partial charge in [-0.1, -0.05) is 48.0 Å². The minimum absolute atomic E-state index is 0.702. The molecule has 202 valence electrons. The number of fused-ring (bicyclic) bond motifs is 2. The molecule has 2 spiro atoms. The third kappa shape index (κ3) is 4.89. The largest absolute Gasteiger partial charge is 0.323 e. The predicted octanol–water partition coefficient (Wildman–Crippen LogP) is 7.07. The molecule has 5 aliphatic carbocycles. The Morgan fingerprint density at radius 3 is 1.85 bits per heavy atom. The van der Waals surface area contributed by atoms with Gasteiger partial charge in [0.05, 0.1) is 0 Å². The first-order chi connectivity index (χ1) is 16.2. The van der Waals surface area contributed by atoms with Crippen molar-refractivity contribution in [2.45, 2.75) is 112 Å². The standard InChI is InChI=1S/C24H41N.C3H9N.C2H7N.C2H6/c1-6-17-7-8-19-20-10-9-18-16(2)21(25(4)5)11-12-23(18)15-24(20,23)14-13-22(17,19)3;1-3-4-2;1-3-2;1-2/h16-21H,6-15H2,1-5H3;4H,3H2,1-2H3;3H,1-2H3;1-2H3. The molecule has 2 N–H and O–H groups in total. The summed E-state index contributed by atoms with van der Waals surface area (Å²) in [7, 11) is 10.3. The van der Waals surface area contributed by atoms with Crippen LogP contribution in [0, 0.1) is 45.8 Å². The first-order valence-electron chi connectivity index (χ1n) is 15.1. The van der Waals surface area contributed by atoms with Crippen molar-refractivity contribution in [3.05, 3.63) is 0 Å². The van der Waals surface area contributed by atoms with Crippen LogP contribution in [0.2, 0.25) is 0 Å². The van der Waals surface area contributed by atoms with E-state index in [4.69, 9.17) is 0 Å². The number of rotatable bonds is 3. The van der Waals surface area contributed by atoms with Gasteiger partial charge in [0.25, 0.3) is 0 Å². The lowest BCUT2D eigenvalue weighted by Crippen LogP contribution is -2.52. The fourth-order valence-corrected chi connectivity index (χ4v) is 10.0. The molecule has 0 aromatic rings. The van der Waals surface area contributed by atoms with Crippen LogP contribution in [0.25, 0.3) is 0 Å². The molecule has 0 aromatic carbocycles. The lowest BCUT2D eigenvalue weighted by atomic mass is 9.48. The summed E-state index contributed by atoms with van der Waals surface area (Å²) in [5.74, 6) is 5.17. The second-order valence-electron chi connectivity index (χ2n) is 12.7. The van der Waals surface area contributed by atoms with Crippen molar-refractivity contribution in [2.75, 3.05) is 41.8 Å². The van der Waals surface area contributed by atoms with Crippen molar-refractivity contribution in [3.63, 3.8) is 0 Å². The molecule has 3 heteroatoms. The second-order valence-corrected chi connectivity index (χ2v) is 12.7. The molecule has 5 rings (SSSR count). The van der Waals surface area contributed by atoms with Gasteiger partial charge in [-0.25, -0.2) is 0 Å². The normalized spacial score (nSPS) is 45.5. The van der Waals surface area contributed by atoms with Crippen LogP contribution in [0.5, 0.6) is 0 Å². The van der Waals surface area contributed by atoms with Gasteiger partial charge in [-0.2, -0.15) is 0 Å². The highest BCUT2D eigenvalue weighted by Gasteiger charge is 2.78. The summed E-state index contributed by atoms with van der Waals surface area (Å²) < 4.78 is 0. The van der Waals surface area contributed by atoms with E-state index in [9.17, 15) is 0 Å². The minimum atomic E-state index is 0.702. The number of nitrogens with one attached hydrogen (secondary N) is 2. The molecule has 5 saturated carbocycles. The van der Waals surface area contributed by atoms with E-state index >= 15 is 0 Å². The van der Waals surface area contributed by atoms with Gasteiger partial charge in [0.15, 0.2) is 0 Å². The lowest BCUT2D eigenvalue weighted by Gasteiger charge is -2.57. The lowest BCUT2D eigenvalue weighted by molar-refractivity contribution is -0.0859. The van der Waals surface area contributed by atoms with Gasteiger partial charge >= 0.3 is 0 Å². The van der Waals surface area contributed by atoms with Gasteiger partial charge in [0.1, 0.15) is 0 Å². The summed E-state index contributed by atoms with van der Waals surface area (Å²) >= 11 is 0. The van der Waals surface area contributed by atoms with Crippen LogP contribution in [0.3, 0.4) is 0 Å². The molecule has 34 heavy (non-hydrogen) atoms. The minimum Gasteiger partial charge on any atom is -0.323 e. The van der Waals surface area contributed by atoms with Gasteiger partial charge < -0.3 is 15.5 Å². The van der Waals surface area contributed by atoms with Crippen molar-refractivity contribution in [1.29, 1.82) is 0 Å². The highest BCUT2D eigenvalue weighted by atomic mass is 15.1. The Bertz CT molecular complexity index is 603. The fraction of sp³-hybridized carbons (Fsp3) is 1.00. The zero-order chi connectivity index (χ0) is 25.7. The maximum absolute atomic E-state index is 2.93. The van der Waals surface area contributed by atoms with E-state index in [0.717, 1.165) is 53.0 Å². The molecular weight excluding hydrogens is 414 g/mol. The Morgan fingerprint density at radius 1 is 0.794 bits per heavy atom. The molecule has 3 nitrogen and oxygen atoms in total. The molecule has 5 aliphatic rings. The van der Waals surface area contributed by atoms with E-state index in [1.54, 1.807) is 51.4 Å². The summed E-state index contributed by atoms with van der Waals surface area (Å²) in [6.07, 6.45) is 15.5. The van der Waals surface area contributed by atoms with Crippen LogP contribution in [0.4, 0.5) is 0 Å². The van der Waals surface area contributed by atoms with Gasteiger partial charge in [-0.05, 0) is 145 Å². The van der Waals surface area contributed by atoms with Crippen LogP contribution in [-0.4, -0.2) is 52.7 Å². The van der Waals surface area contributed by atoms with E-state index in [0.29, 0.717) is 5.41 Å². The van der Waals surface area contributed by atoms with Crippen LogP contribution >= 0.6 is 0 Å². The summed E-state index contributed by atoms with van der Waals surface area (Å²) in [6.45, 7) is 14.9. The first kappa shape index (κ1) is 30.1. The second kappa shape index (κ2) is 12.4. The average molecular weight is 478 g/mol. The van der Waals surface area contributed by atoms with E-state index < -0.39 is 0 Å². The Morgan fingerprint density at radius 2 is 1.32 bits per heavy atom. The highest BCUT2D eigenvalue weighted by Crippen LogP contribution is 2.85. The van der Waals surface area contributed by atoms with Gasteiger partial charge in [0.2, 0.25) is 0 Å². The number of hydrogen-bond acceptors (Lipinski definition) is 3. The van der Waals surface area contributed by atoms with E-state index in [2.05, 4.69) is 57.3 Å². The molecular formula is C31H63N3. The molecule has 0 amide bonds. The van der Waals surface area contributed by atoms with Crippen molar-refractivity contribution in [3.8, 4) is 0 Å². The molecule has 9 unspecified atom stereocenters. The molecule has 9 atom stereocenters. The fourth-order valence-electron chi connectivity index (χ4n) is 10.0. The topological polar surface area (TPSA) is 27.3 Å². The smallest absolute Gasteiger partial charge is 0.0118 e. The summed E-state index contributed by atoms with van der Waals surface area (Å²) in [5.41, 5.74) is 2.29. The molecule has 0 radical (unpaired) electrons. The summed E-state index contributed by atoms with van der Waals surface area (Å²) in [5, 5.41) is 5.68. The zero-order valence-corrected chi connectivity index (χ0v) is 25.2. The van der Waals surface area contributed by atoms with E-state index in [1.807, 2.05) is 35.0 Å². The Hall–Kier alpha value is -0.120. The number of hydrogen-bond donors (Lipinski definition) is 2. The molecule has 0 saturated heterocycles. The molecule has 0 aromatic heterocycles. The predicted molar refractivity (Wildman–Crippen MR) is 151 cm³/mol. The average Bonchev–Trinajstić information content (AvgIpc) is 3.37. The van der Waals surface area contributed by atoms with Crippen molar-refractivity contribution in [1.82, 2.24) is 15.5 Å². The van der Waals surface area contributed by atoms with E-state index in [-0.39, 0.29) is 0 Å².